The first-order chi connectivity index (χ1) is 7.32. The Morgan fingerprint density at radius 3 is 2.31 bits per heavy atom. The second-order valence-electron chi connectivity index (χ2n) is 3.13. The maximum atomic E-state index is 12.4. The lowest BCUT2D eigenvalue weighted by Crippen LogP contribution is -2.20. The predicted octanol–water partition coefficient (Wildman–Crippen LogP) is 2.24. The second kappa shape index (κ2) is 3.21. The highest BCUT2D eigenvalue weighted by atomic mass is 35.5. The Bertz CT molecular complexity index is 510. The van der Waals surface area contributed by atoms with Crippen LogP contribution in [0.15, 0.2) is 12.1 Å². The Kier molecular flexibility index (Phi) is 2.20. The van der Waals surface area contributed by atoms with E-state index in [-0.39, 0.29) is 5.56 Å². The van der Waals surface area contributed by atoms with E-state index in [4.69, 9.17) is 11.6 Å². The summed E-state index contributed by atoms with van der Waals surface area (Å²) in [5, 5.41) is 1.13. The largest absolute Gasteiger partial charge is 0.417 e. The Hall–Kier alpha value is -1.56. The van der Waals surface area contributed by atoms with Gasteiger partial charge in [0.05, 0.1) is 21.7 Å². The van der Waals surface area contributed by atoms with Crippen LogP contribution in [0.1, 0.15) is 26.3 Å². The molecule has 3 nitrogen and oxygen atoms in total. The molecule has 1 aromatic rings. The zero-order chi connectivity index (χ0) is 12.1. The van der Waals surface area contributed by atoms with E-state index in [9.17, 15) is 22.8 Å². The number of fused-ring (bicyclic) bond motifs is 1. The molecule has 1 aliphatic rings. The third kappa shape index (κ3) is 1.46. The minimum atomic E-state index is -4.65. The van der Waals surface area contributed by atoms with Crippen LogP contribution < -0.4 is 5.32 Å². The summed E-state index contributed by atoms with van der Waals surface area (Å²) in [5.74, 6) is -1.65. The van der Waals surface area contributed by atoms with Crippen molar-refractivity contribution in [2.24, 2.45) is 0 Å². The Labute approximate surface area is 92.2 Å². The maximum Gasteiger partial charge on any atom is 0.417 e. The van der Waals surface area contributed by atoms with Crippen molar-refractivity contribution >= 4 is 23.4 Å². The molecule has 1 aliphatic heterocycles. The van der Waals surface area contributed by atoms with Crippen LogP contribution in [0, 0.1) is 0 Å². The third-order valence-corrected chi connectivity index (χ3v) is 2.54. The van der Waals surface area contributed by atoms with Gasteiger partial charge in [-0.3, -0.25) is 14.9 Å². The van der Waals surface area contributed by atoms with Gasteiger partial charge in [0.1, 0.15) is 0 Å². The fourth-order valence-electron chi connectivity index (χ4n) is 1.44. The lowest BCUT2D eigenvalue weighted by atomic mass is 10.1. The van der Waals surface area contributed by atoms with E-state index in [1.54, 1.807) is 0 Å². The van der Waals surface area contributed by atoms with Crippen molar-refractivity contribution in [3.05, 3.63) is 33.8 Å². The van der Waals surface area contributed by atoms with Crippen molar-refractivity contribution in [2.75, 3.05) is 0 Å². The molecule has 0 aromatic heterocycles. The molecule has 0 spiro atoms. The first kappa shape index (κ1) is 10.9. The number of imide groups is 1. The molecule has 7 heteroatoms. The molecular weight excluding hydrogens is 247 g/mol. The van der Waals surface area contributed by atoms with Gasteiger partial charge in [-0.05, 0) is 12.1 Å². The number of alkyl halides is 3. The van der Waals surface area contributed by atoms with Crippen molar-refractivity contribution in [1.82, 2.24) is 5.32 Å². The summed E-state index contributed by atoms with van der Waals surface area (Å²) in [5.41, 5.74) is -1.68. The molecule has 84 valence electrons. The minimum absolute atomic E-state index is 0.136. The molecule has 0 radical (unpaired) electrons. The zero-order valence-corrected chi connectivity index (χ0v) is 8.24. The monoisotopic (exact) mass is 249 g/mol. The molecule has 0 saturated carbocycles. The van der Waals surface area contributed by atoms with Crippen molar-refractivity contribution in [2.45, 2.75) is 6.18 Å². The summed E-state index contributed by atoms with van der Waals surface area (Å²) >= 11 is 5.47. The molecule has 2 amide bonds. The molecule has 0 bridgehead atoms. The molecule has 2 rings (SSSR count). The molecule has 0 fully saturated rings. The second-order valence-corrected chi connectivity index (χ2v) is 3.51. The number of amides is 2. The van der Waals surface area contributed by atoms with Crippen LogP contribution in [0.2, 0.25) is 5.02 Å². The van der Waals surface area contributed by atoms with Crippen LogP contribution >= 0.6 is 11.6 Å². The van der Waals surface area contributed by atoms with Crippen molar-refractivity contribution in [1.29, 1.82) is 0 Å². The molecular formula is C9H3ClF3NO2. The highest BCUT2D eigenvalue weighted by Gasteiger charge is 2.38. The predicted molar refractivity (Wildman–Crippen MR) is 48.3 cm³/mol. The average Bonchev–Trinajstić information content (AvgIpc) is 2.41. The van der Waals surface area contributed by atoms with Gasteiger partial charge in [0.15, 0.2) is 0 Å². The number of halogens is 4. The number of rotatable bonds is 0. The molecule has 16 heavy (non-hydrogen) atoms. The van der Waals surface area contributed by atoms with E-state index in [1.165, 1.54) is 0 Å². The van der Waals surface area contributed by atoms with E-state index in [2.05, 4.69) is 0 Å². The summed E-state index contributed by atoms with van der Waals surface area (Å²) in [6, 6.07) is 1.61. The lowest BCUT2D eigenvalue weighted by molar-refractivity contribution is -0.137. The third-order valence-electron chi connectivity index (χ3n) is 2.15. The van der Waals surface area contributed by atoms with Gasteiger partial charge in [-0.2, -0.15) is 13.2 Å². The fourth-order valence-corrected chi connectivity index (χ4v) is 1.80. The van der Waals surface area contributed by atoms with Gasteiger partial charge in [0.2, 0.25) is 0 Å². The Morgan fingerprint density at radius 2 is 1.75 bits per heavy atom. The molecule has 1 heterocycles. The quantitative estimate of drug-likeness (QED) is 0.717. The zero-order valence-electron chi connectivity index (χ0n) is 7.48. The first-order valence-electron chi connectivity index (χ1n) is 4.07. The maximum absolute atomic E-state index is 12.4. The number of carbonyl (C=O) groups is 2. The number of nitrogens with one attached hydrogen (secondary N) is 1. The van der Waals surface area contributed by atoms with Gasteiger partial charge in [-0.25, -0.2) is 0 Å². The lowest BCUT2D eigenvalue weighted by Gasteiger charge is -2.10. The summed E-state index contributed by atoms with van der Waals surface area (Å²) in [4.78, 5) is 22.3. The minimum Gasteiger partial charge on any atom is -0.288 e. The molecule has 0 saturated heterocycles. The summed E-state index contributed by atoms with van der Waals surface area (Å²) < 4.78 is 37.3. The highest BCUT2D eigenvalue weighted by Crippen LogP contribution is 2.38. The molecule has 1 aromatic carbocycles. The van der Waals surface area contributed by atoms with Crippen molar-refractivity contribution < 1.29 is 22.8 Å². The van der Waals surface area contributed by atoms with E-state index >= 15 is 0 Å². The van der Waals surface area contributed by atoms with Gasteiger partial charge in [0, 0.05) is 0 Å². The molecule has 0 aliphatic carbocycles. The van der Waals surface area contributed by atoms with Crippen molar-refractivity contribution in [3.8, 4) is 0 Å². The van der Waals surface area contributed by atoms with Gasteiger partial charge in [-0.15, -0.1) is 0 Å². The standard InChI is InChI=1S/C9H3ClF3NO2/c10-6-4(9(11,12)13)2-1-3-5(6)8(16)14-7(3)15/h1-2H,(H,14,15,16). The van der Waals surface area contributed by atoms with Crippen LogP contribution in [0.3, 0.4) is 0 Å². The van der Waals surface area contributed by atoms with Gasteiger partial charge in [-0.1, -0.05) is 11.6 Å². The topological polar surface area (TPSA) is 46.2 Å². The Morgan fingerprint density at radius 1 is 1.12 bits per heavy atom. The summed E-state index contributed by atoms with van der Waals surface area (Å²) in [6.07, 6.45) is -4.65. The summed E-state index contributed by atoms with van der Waals surface area (Å²) in [6.45, 7) is 0. The number of hydrogen-bond acceptors (Lipinski definition) is 2. The number of benzene rings is 1. The first-order valence-corrected chi connectivity index (χ1v) is 4.45. The van der Waals surface area contributed by atoms with E-state index in [0.717, 1.165) is 6.07 Å². The fraction of sp³-hybridized carbons (Fsp3) is 0.111. The van der Waals surface area contributed by atoms with Crippen molar-refractivity contribution in [3.63, 3.8) is 0 Å². The highest BCUT2D eigenvalue weighted by molar-refractivity contribution is 6.38. The average molecular weight is 250 g/mol. The van der Waals surface area contributed by atoms with E-state index < -0.39 is 34.1 Å². The van der Waals surface area contributed by atoms with Gasteiger partial charge >= 0.3 is 6.18 Å². The molecule has 1 N–H and O–H groups in total. The smallest absolute Gasteiger partial charge is 0.288 e. The van der Waals surface area contributed by atoms with Gasteiger partial charge < -0.3 is 0 Å². The van der Waals surface area contributed by atoms with Crippen LogP contribution in [-0.2, 0) is 6.18 Å². The molecule has 0 atom stereocenters. The van der Waals surface area contributed by atoms with E-state index in [1.807, 2.05) is 5.32 Å². The number of carbonyl (C=O) groups excluding carboxylic acids is 2. The SMILES string of the molecule is O=C1NC(=O)c2c1ccc(C(F)(F)F)c2Cl. The molecule has 0 unspecified atom stereocenters. The van der Waals surface area contributed by atoms with E-state index in [0.29, 0.717) is 6.07 Å². The number of hydrogen-bond donors (Lipinski definition) is 1. The van der Waals surface area contributed by atoms with Crippen LogP contribution in [0.25, 0.3) is 0 Å². The normalized spacial score (nSPS) is 15.0. The van der Waals surface area contributed by atoms with Crippen LogP contribution in [0.4, 0.5) is 13.2 Å². The van der Waals surface area contributed by atoms with Crippen LogP contribution in [-0.4, -0.2) is 11.8 Å². The Balaban J connectivity index is 2.71. The summed E-state index contributed by atoms with van der Waals surface area (Å²) in [7, 11) is 0. The van der Waals surface area contributed by atoms with Gasteiger partial charge in [0.25, 0.3) is 11.8 Å². The van der Waals surface area contributed by atoms with Crippen LogP contribution in [0.5, 0.6) is 0 Å².